The van der Waals surface area contributed by atoms with E-state index in [0.29, 0.717) is 5.41 Å². The van der Waals surface area contributed by atoms with Crippen molar-refractivity contribution in [2.45, 2.75) is 63.3 Å². The zero-order valence-electron chi connectivity index (χ0n) is 24.1. The van der Waals surface area contributed by atoms with Crippen molar-refractivity contribution in [2.75, 3.05) is 20.1 Å². The minimum Gasteiger partial charge on any atom is -0.475 e. The molecule has 46 heavy (non-hydrogen) atoms. The van der Waals surface area contributed by atoms with Gasteiger partial charge in [-0.25, -0.2) is 14.4 Å². The normalized spacial score (nSPS) is 16.4. The van der Waals surface area contributed by atoms with E-state index in [1.54, 1.807) is 0 Å². The van der Waals surface area contributed by atoms with Gasteiger partial charge in [0.05, 0.1) is 5.69 Å². The molecule has 0 bridgehead atoms. The number of aliphatic carboxylic acids is 3. The van der Waals surface area contributed by atoms with E-state index in [2.05, 4.69) is 45.0 Å². The maximum Gasteiger partial charge on any atom is 0.490 e. The fourth-order valence-corrected chi connectivity index (χ4v) is 4.47. The summed E-state index contributed by atoms with van der Waals surface area (Å²) < 4.78 is 95.2. The fraction of sp³-hybridized carbons (Fsp3) is 0.519. The number of carbonyl (C=O) groups is 3. The summed E-state index contributed by atoms with van der Waals surface area (Å²) in [7, 11) is 2.26. The molecule has 0 aromatic carbocycles. The lowest BCUT2D eigenvalue weighted by atomic mass is 9.60. The van der Waals surface area contributed by atoms with Crippen molar-refractivity contribution in [3.05, 3.63) is 60.2 Å². The molecule has 0 amide bonds. The Balaban J connectivity index is 0.000000413. The van der Waals surface area contributed by atoms with Crippen LogP contribution >= 0.6 is 0 Å². The van der Waals surface area contributed by atoms with Crippen LogP contribution in [0.2, 0.25) is 0 Å². The van der Waals surface area contributed by atoms with Crippen LogP contribution in [0.1, 0.15) is 36.9 Å². The number of carboxylic acids is 3. The second kappa shape index (κ2) is 17.1. The first-order valence-electron chi connectivity index (χ1n) is 13.2. The Morgan fingerprint density at radius 2 is 1.30 bits per heavy atom. The largest absolute Gasteiger partial charge is 0.490 e. The molecular formula is C27H31F9N4O6. The Morgan fingerprint density at radius 1 is 0.826 bits per heavy atom. The van der Waals surface area contributed by atoms with E-state index < -0.39 is 36.4 Å². The van der Waals surface area contributed by atoms with Gasteiger partial charge in [0.25, 0.3) is 0 Å². The van der Waals surface area contributed by atoms with Crippen molar-refractivity contribution in [3.8, 4) is 0 Å². The van der Waals surface area contributed by atoms with E-state index in [-0.39, 0.29) is 0 Å². The van der Waals surface area contributed by atoms with Gasteiger partial charge in [-0.3, -0.25) is 19.8 Å². The van der Waals surface area contributed by atoms with Gasteiger partial charge in [-0.05, 0) is 75.0 Å². The van der Waals surface area contributed by atoms with E-state index in [0.717, 1.165) is 19.1 Å². The third-order valence-corrected chi connectivity index (χ3v) is 6.87. The number of carboxylic acid groups (broad SMARTS) is 3. The van der Waals surface area contributed by atoms with Crippen molar-refractivity contribution < 1.29 is 69.2 Å². The molecule has 1 saturated carbocycles. The molecule has 0 atom stereocenters. The number of nitrogens with zero attached hydrogens (tertiary/aromatic N) is 4. The van der Waals surface area contributed by atoms with Gasteiger partial charge in [0.1, 0.15) is 0 Å². The van der Waals surface area contributed by atoms with Crippen LogP contribution in [0.25, 0.3) is 0 Å². The summed E-state index contributed by atoms with van der Waals surface area (Å²) in [5, 5.41) is 21.4. The van der Waals surface area contributed by atoms with Crippen LogP contribution in [-0.4, -0.2) is 97.7 Å². The van der Waals surface area contributed by atoms with E-state index >= 15 is 0 Å². The van der Waals surface area contributed by atoms with Crippen molar-refractivity contribution >= 4 is 17.9 Å². The topological polar surface area (TPSA) is 144 Å². The number of rotatable bonds is 5. The summed E-state index contributed by atoms with van der Waals surface area (Å²) in [6, 6.07) is 11.2. The van der Waals surface area contributed by atoms with E-state index in [1.165, 1.54) is 50.0 Å². The zero-order valence-corrected chi connectivity index (χ0v) is 24.1. The molecule has 2 aromatic rings. The average Bonchev–Trinajstić information content (AvgIpc) is 2.93. The molecule has 3 N–H and O–H groups in total. The lowest BCUT2D eigenvalue weighted by molar-refractivity contribution is -0.193. The Bertz CT molecular complexity index is 1170. The maximum atomic E-state index is 10.6. The van der Waals surface area contributed by atoms with Crippen molar-refractivity contribution in [3.63, 3.8) is 0 Å². The molecule has 2 fully saturated rings. The van der Waals surface area contributed by atoms with Crippen LogP contribution < -0.4 is 0 Å². The van der Waals surface area contributed by atoms with Gasteiger partial charge >= 0.3 is 36.4 Å². The molecule has 19 heteroatoms. The Labute approximate surface area is 256 Å². The molecule has 4 rings (SSSR count). The highest BCUT2D eigenvalue weighted by atomic mass is 19.4. The van der Waals surface area contributed by atoms with Crippen molar-refractivity contribution in [1.29, 1.82) is 0 Å². The quantitative estimate of drug-likeness (QED) is 0.359. The monoisotopic (exact) mass is 678 g/mol. The smallest absolute Gasteiger partial charge is 0.475 e. The maximum absolute atomic E-state index is 10.6. The van der Waals surface area contributed by atoms with Gasteiger partial charge in [0, 0.05) is 37.7 Å². The fourth-order valence-electron chi connectivity index (χ4n) is 4.47. The van der Waals surface area contributed by atoms with Crippen LogP contribution in [0.4, 0.5) is 39.5 Å². The van der Waals surface area contributed by atoms with Gasteiger partial charge in [-0.1, -0.05) is 12.1 Å². The summed E-state index contributed by atoms with van der Waals surface area (Å²) in [5.41, 5.74) is 3.12. The summed E-state index contributed by atoms with van der Waals surface area (Å²) in [4.78, 5) is 40.5. The molecule has 3 heterocycles. The number of pyridine rings is 2. The van der Waals surface area contributed by atoms with Gasteiger partial charge in [-0.2, -0.15) is 39.5 Å². The summed E-state index contributed by atoms with van der Waals surface area (Å²) >= 11 is 0. The first-order chi connectivity index (χ1) is 21.1. The van der Waals surface area contributed by atoms with Crippen LogP contribution in [0.5, 0.6) is 0 Å². The Morgan fingerprint density at radius 3 is 1.67 bits per heavy atom. The number of piperidine rings is 1. The standard InChI is InChI=1S/C21H28N4.3C2HF3O2/c1-24(16-18-5-4-9-22-15-18)20-13-21(14-20)7-11-25(12-8-21)17-19-6-2-3-10-23-19;3*3-2(4,5)1(6)7/h2-6,9-10,15,20H,7-8,11-14,16-17H2,1H3;3*(H,6,7). The van der Waals surface area contributed by atoms with Gasteiger partial charge in [0.15, 0.2) is 0 Å². The molecule has 1 aliphatic heterocycles. The first kappa shape index (κ1) is 40.0. The number of alkyl halides is 9. The average molecular weight is 679 g/mol. The predicted octanol–water partition coefficient (Wildman–Crippen LogP) is 5.25. The third kappa shape index (κ3) is 14.9. The number of hydrogen-bond acceptors (Lipinski definition) is 7. The molecule has 2 aromatic heterocycles. The minimum atomic E-state index is -5.08. The lowest BCUT2D eigenvalue weighted by Crippen LogP contribution is -2.53. The van der Waals surface area contributed by atoms with Gasteiger partial charge in [0.2, 0.25) is 0 Å². The number of hydrogen-bond donors (Lipinski definition) is 3. The predicted molar refractivity (Wildman–Crippen MR) is 141 cm³/mol. The Hall–Kier alpha value is -4.00. The van der Waals surface area contributed by atoms with Crippen LogP contribution in [0.3, 0.4) is 0 Å². The second-order valence-corrected chi connectivity index (χ2v) is 10.3. The van der Waals surface area contributed by atoms with E-state index in [9.17, 15) is 39.5 Å². The highest BCUT2D eigenvalue weighted by Gasteiger charge is 2.47. The first-order valence-corrected chi connectivity index (χ1v) is 13.2. The molecule has 10 nitrogen and oxygen atoms in total. The second-order valence-electron chi connectivity index (χ2n) is 10.3. The minimum absolute atomic E-state index is 0.606. The van der Waals surface area contributed by atoms with Crippen LogP contribution in [-0.2, 0) is 27.5 Å². The number of aromatic nitrogens is 2. The molecule has 1 aliphatic carbocycles. The van der Waals surface area contributed by atoms with Gasteiger partial charge in [-0.15, -0.1) is 0 Å². The molecule has 1 spiro atoms. The molecule has 1 saturated heterocycles. The molecular weight excluding hydrogens is 647 g/mol. The molecule has 258 valence electrons. The van der Waals surface area contributed by atoms with Gasteiger partial charge < -0.3 is 15.3 Å². The lowest BCUT2D eigenvalue weighted by Gasteiger charge is -2.54. The highest BCUT2D eigenvalue weighted by molar-refractivity contribution is 5.73. The molecule has 2 aliphatic rings. The Kier molecular flexibility index (Phi) is 14.8. The zero-order chi connectivity index (χ0) is 35.3. The van der Waals surface area contributed by atoms with Crippen LogP contribution in [0.15, 0.2) is 48.9 Å². The number of halogens is 9. The summed E-state index contributed by atoms with van der Waals surface area (Å²) in [5.74, 6) is -8.27. The van der Waals surface area contributed by atoms with E-state index in [4.69, 9.17) is 29.7 Å². The summed E-state index contributed by atoms with van der Waals surface area (Å²) in [6.07, 6.45) is -4.10. The van der Waals surface area contributed by atoms with E-state index in [1.807, 2.05) is 30.7 Å². The molecule has 0 unspecified atom stereocenters. The summed E-state index contributed by atoms with van der Waals surface area (Å²) in [6.45, 7) is 4.45. The SMILES string of the molecule is CN(Cc1cccnc1)C1CC2(CCN(Cc3ccccn3)CC2)C1.O=C(O)C(F)(F)F.O=C(O)C(F)(F)F.O=C(O)C(F)(F)F. The van der Waals surface area contributed by atoms with Crippen molar-refractivity contribution in [1.82, 2.24) is 19.8 Å². The van der Waals surface area contributed by atoms with Crippen LogP contribution in [0, 0.1) is 5.41 Å². The highest BCUT2D eigenvalue weighted by Crippen LogP contribution is 2.51. The number of likely N-dealkylation sites (tertiary alicyclic amines) is 1. The van der Waals surface area contributed by atoms with Crippen molar-refractivity contribution in [2.24, 2.45) is 5.41 Å². The third-order valence-electron chi connectivity index (χ3n) is 6.87. The molecule has 0 radical (unpaired) electrons.